The Balaban J connectivity index is 2.11. The first-order chi connectivity index (χ1) is 19.9. The number of rotatable bonds is 13. The molecule has 9 heteroatoms. The number of nitrogens with one attached hydrogen (secondary N) is 1. The van der Waals surface area contributed by atoms with Crippen LogP contribution in [0.1, 0.15) is 55.9 Å². The van der Waals surface area contributed by atoms with E-state index in [4.69, 9.17) is 4.74 Å². The molecule has 3 rings (SSSR count). The fourth-order valence-corrected chi connectivity index (χ4v) is 6.16. The van der Waals surface area contributed by atoms with Crippen LogP contribution in [0.15, 0.2) is 71.6 Å². The number of ether oxygens (including phenoxy) is 1. The lowest BCUT2D eigenvalue weighted by Crippen LogP contribution is -2.53. The molecule has 0 saturated heterocycles. The van der Waals surface area contributed by atoms with E-state index in [0.29, 0.717) is 17.9 Å². The smallest absolute Gasteiger partial charge is 0.264 e. The molecule has 3 aromatic carbocycles. The van der Waals surface area contributed by atoms with E-state index in [1.807, 2.05) is 65.8 Å². The second-order valence-corrected chi connectivity index (χ2v) is 12.5. The quantitative estimate of drug-likeness (QED) is 0.281. The van der Waals surface area contributed by atoms with Crippen LogP contribution in [0.5, 0.6) is 5.75 Å². The third-order valence-electron chi connectivity index (χ3n) is 7.61. The minimum Gasteiger partial charge on any atom is -0.497 e. The van der Waals surface area contributed by atoms with Crippen LogP contribution in [0, 0.1) is 20.8 Å². The van der Waals surface area contributed by atoms with E-state index < -0.39 is 28.5 Å². The van der Waals surface area contributed by atoms with Crippen molar-refractivity contribution in [2.45, 2.75) is 77.9 Å². The highest BCUT2D eigenvalue weighted by Crippen LogP contribution is 2.29. The van der Waals surface area contributed by atoms with Crippen molar-refractivity contribution in [3.63, 3.8) is 0 Å². The normalized spacial score (nSPS) is 12.7. The van der Waals surface area contributed by atoms with Gasteiger partial charge in [0.1, 0.15) is 18.3 Å². The monoisotopic (exact) mass is 593 g/mol. The van der Waals surface area contributed by atoms with Crippen LogP contribution >= 0.6 is 0 Å². The van der Waals surface area contributed by atoms with Gasteiger partial charge in [-0.15, -0.1) is 0 Å². The summed E-state index contributed by atoms with van der Waals surface area (Å²) in [7, 11) is -2.57. The largest absolute Gasteiger partial charge is 0.497 e. The van der Waals surface area contributed by atoms with Gasteiger partial charge in [-0.05, 0) is 87.6 Å². The van der Waals surface area contributed by atoms with Gasteiger partial charge in [0, 0.05) is 12.6 Å². The molecule has 0 aliphatic heterocycles. The lowest BCUT2D eigenvalue weighted by Gasteiger charge is -2.34. The predicted octanol–water partition coefficient (Wildman–Crippen LogP) is 5.54. The van der Waals surface area contributed by atoms with Crippen LogP contribution in [0.4, 0.5) is 5.69 Å². The standard InChI is InChI=1S/C33H43N3O5S/c1-8-25(5)34-33(38)30(9-2)35(21-27-13-11-14-28(20-27)41-7)32(37)22-36(31-15-10-12-24(4)26(31)6)42(39,40)29-18-16-23(3)17-19-29/h10-20,25,30H,8-9,21-22H2,1-7H3,(H,34,38)/t25-,30-/m1/s1. The predicted molar refractivity (Wildman–Crippen MR) is 167 cm³/mol. The summed E-state index contributed by atoms with van der Waals surface area (Å²) in [6.07, 6.45) is 1.09. The zero-order chi connectivity index (χ0) is 31.0. The lowest BCUT2D eigenvalue weighted by atomic mass is 10.1. The number of nitrogens with zero attached hydrogens (tertiary/aromatic N) is 2. The Morgan fingerprint density at radius 1 is 0.929 bits per heavy atom. The van der Waals surface area contributed by atoms with Gasteiger partial charge in [-0.3, -0.25) is 13.9 Å². The van der Waals surface area contributed by atoms with Gasteiger partial charge in [0.05, 0.1) is 17.7 Å². The third-order valence-corrected chi connectivity index (χ3v) is 9.38. The van der Waals surface area contributed by atoms with E-state index >= 15 is 0 Å². The molecule has 0 aliphatic carbocycles. The number of benzene rings is 3. The summed E-state index contributed by atoms with van der Waals surface area (Å²) in [4.78, 5) is 29.3. The molecule has 1 N–H and O–H groups in total. The maximum Gasteiger partial charge on any atom is 0.264 e. The first kappa shape index (κ1) is 32.7. The summed E-state index contributed by atoms with van der Waals surface area (Å²) >= 11 is 0. The third kappa shape index (κ3) is 7.70. The van der Waals surface area contributed by atoms with Crippen molar-refractivity contribution in [3.05, 3.63) is 89.0 Å². The zero-order valence-corrected chi connectivity index (χ0v) is 26.5. The molecule has 3 aromatic rings. The van der Waals surface area contributed by atoms with Gasteiger partial charge < -0.3 is 15.0 Å². The average Bonchev–Trinajstić information content (AvgIpc) is 2.97. The number of amides is 2. The molecular formula is C33H43N3O5S. The summed E-state index contributed by atoms with van der Waals surface area (Å²) in [6.45, 7) is 11.0. The number of carbonyl (C=O) groups excluding carboxylic acids is 2. The van der Waals surface area contributed by atoms with Gasteiger partial charge >= 0.3 is 0 Å². The SMILES string of the molecule is CC[C@@H](C)NC(=O)[C@@H](CC)N(Cc1cccc(OC)c1)C(=O)CN(c1cccc(C)c1C)S(=O)(=O)c1ccc(C)cc1. The van der Waals surface area contributed by atoms with Gasteiger partial charge in [-0.2, -0.15) is 0 Å². The second-order valence-electron chi connectivity index (χ2n) is 10.7. The van der Waals surface area contributed by atoms with E-state index in [2.05, 4.69) is 5.32 Å². The van der Waals surface area contributed by atoms with E-state index in [1.165, 1.54) is 9.21 Å². The maximum atomic E-state index is 14.3. The summed E-state index contributed by atoms with van der Waals surface area (Å²) in [5.74, 6) is -0.140. The molecule has 0 heterocycles. The van der Waals surface area contributed by atoms with Crippen molar-refractivity contribution in [1.29, 1.82) is 0 Å². The van der Waals surface area contributed by atoms with Crippen LogP contribution < -0.4 is 14.4 Å². The van der Waals surface area contributed by atoms with Crippen molar-refractivity contribution in [3.8, 4) is 5.75 Å². The molecule has 0 spiro atoms. The van der Waals surface area contributed by atoms with Crippen LogP contribution in [-0.4, -0.2) is 50.9 Å². The Morgan fingerprint density at radius 2 is 1.60 bits per heavy atom. The topological polar surface area (TPSA) is 96.0 Å². The van der Waals surface area contributed by atoms with Crippen molar-refractivity contribution < 1.29 is 22.7 Å². The molecule has 226 valence electrons. The van der Waals surface area contributed by atoms with Crippen molar-refractivity contribution >= 4 is 27.5 Å². The average molecular weight is 594 g/mol. The van der Waals surface area contributed by atoms with Crippen molar-refractivity contribution in [2.75, 3.05) is 18.0 Å². The van der Waals surface area contributed by atoms with Crippen LogP contribution in [0.2, 0.25) is 0 Å². The summed E-state index contributed by atoms with van der Waals surface area (Å²) < 4.78 is 34.8. The molecule has 0 aromatic heterocycles. The zero-order valence-electron chi connectivity index (χ0n) is 25.7. The van der Waals surface area contributed by atoms with Gasteiger partial charge in [0.15, 0.2) is 0 Å². The second kappa shape index (κ2) is 14.4. The number of carbonyl (C=O) groups is 2. The van der Waals surface area contributed by atoms with E-state index in [-0.39, 0.29) is 23.4 Å². The number of anilines is 1. The molecular weight excluding hydrogens is 550 g/mol. The van der Waals surface area contributed by atoms with E-state index in [9.17, 15) is 18.0 Å². The van der Waals surface area contributed by atoms with Gasteiger partial charge in [-0.25, -0.2) is 8.42 Å². The Hall–Kier alpha value is -3.85. The molecule has 8 nitrogen and oxygen atoms in total. The van der Waals surface area contributed by atoms with Gasteiger partial charge in [0.25, 0.3) is 10.0 Å². The summed E-state index contributed by atoms with van der Waals surface area (Å²) in [5.41, 5.74) is 3.75. The molecule has 2 atom stereocenters. The Bertz CT molecular complexity index is 1490. The molecule has 0 bridgehead atoms. The van der Waals surface area contributed by atoms with Gasteiger partial charge in [-0.1, -0.05) is 55.8 Å². The fraction of sp³-hybridized carbons (Fsp3) is 0.394. The molecule has 0 aliphatic rings. The fourth-order valence-electron chi connectivity index (χ4n) is 4.68. The highest BCUT2D eigenvalue weighted by Gasteiger charge is 2.34. The van der Waals surface area contributed by atoms with E-state index in [0.717, 1.165) is 28.7 Å². The highest BCUT2D eigenvalue weighted by atomic mass is 32.2. The molecule has 0 saturated carbocycles. The lowest BCUT2D eigenvalue weighted by molar-refractivity contribution is -0.140. The Labute approximate surface area is 250 Å². The van der Waals surface area contributed by atoms with Gasteiger partial charge in [0.2, 0.25) is 11.8 Å². The Morgan fingerprint density at radius 3 is 2.21 bits per heavy atom. The molecule has 0 unspecified atom stereocenters. The Kier molecular flexibility index (Phi) is 11.2. The first-order valence-corrected chi connectivity index (χ1v) is 15.7. The van der Waals surface area contributed by atoms with Crippen LogP contribution in [0.25, 0.3) is 0 Å². The van der Waals surface area contributed by atoms with E-state index in [1.54, 1.807) is 49.6 Å². The minimum atomic E-state index is -4.13. The summed E-state index contributed by atoms with van der Waals surface area (Å²) in [5, 5.41) is 3.00. The minimum absolute atomic E-state index is 0.0753. The molecule has 2 amide bonds. The number of methoxy groups -OCH3 is 1. The van der Waals surface area contributed by atoms with Crippen LogP contribution in [-0.2, 0) is 26.2 Å². The first-order valence-electron chi connectivity index (χ1n) is 14.3. The molecule has 0 fully saturated rings. The number of aryl methyl sites for hydroxylation is 2. The molecule has 42 heavy (non-hydrogen) atoms. The van der Waals surface area contributed by atoms with Crippen molar-refractivity contribution in [2.24, 2.45) is 0 Å². The highest BCUT2D eigenvalue weighted by molar-refractivity contribution is 7.92. The van der Waals surface area contributed by atoms with Crippen molar-refractivity contribution in [1.82, 2.24) is 10.2 Å². The van der Waals surface area contributed by atoms with Crippen LogP contribution in [0.3, 0.4) is 0 Å². The number of hydrogen-bond donors (Lipinski definition) is 1. The number of sulfonamides is 1. The number of hydrogen-bond acceptors (Lipinski definition) is 5. The maximum absolute atomic E-state index is 14.3. The molecule has 0 radical (unpaired) electrons. The summed E-state index contributed by atoms with van der Waals surface area (Å²) in [6, 6.07) is 18.4.